The molecule has 1 aliphatic rings. The van der Waals surface area contributed by atoms with Gasteiger partial charge in [0.05, 0.1) is 5.56 Å². The molecule has 0 bridgehead atoms. The van der Waals surface area contributed by atoms with Crippen LogP contribution >= 0.6 is 0 Å². The Balaban J connectivity index is 1.93. The first-order valence-electron chi connectivity index (χ1n) is 7.54. The highest BCUT2D eigenvalue weighted by Gasteiger charge is 2.25. The lowest BCUT2D eigenvalue weighted by Gasteiger charge is -2.17. The number of ether oxygens (including phenoxy) is 1. The Hall–Kier alpha value is -1.36. The van der Waals surface area contributed by atoms with Gasteiger partial charge in [-0.3, -0.25) is 0 Å². The van der Waals surface area contributed by atoms with Gasteiger partial charge in [0.25, 0.3) is 0 Å². The SMILES string of the molecule is CCCNc1nc(C)nc(OCCN(C)C2CC2)c1C. The minimum atomic E-state index is 0.678. The molecule has 20 heavy (non-hydrogen) atoms. The maximum absolute atomic E-state index is 5.85. The van der Waals surface area contributed by atoms with E-state index >= 15 is 0 Å². The molecule has 2 rings (SSSR count). The van der Waals surface area contributed by atoms with Gasteiger partial charge in [0.2, 0.25) is 5.88 Å². The molecular formula is C15H26N4O. The average Bonchev–Trinajstić information content (AvgIpc) is 3.24. The van der Waals surface area contributed by atoms with Crippen molar-refractivity contribution in [3.05, 3.63) is 11.4 Å². The molecule has 0 atom stereocenters. The lowest BCUT2D eigenvalue weighted by Crippen LogP contribution is -2.26. The van der Waals surface area contributed by atoms with Crippen LogP contribution < -0.4 is 10.1 Å². The van der Waals surface area contributed by atoms with Crippen LogP contribution in [0.25, 0.3) is 0 Å². The second-order valence-corrected chi connectivity index (χ2v) is 5.54. The van der Waals surface area contributed by atoms with E-state index in [1.54, 1.807) is 0 Å². The number of nitrogens with zero attached hydrogens (tertiary/aromatic N) is 3. The van der Waals surface area contributed by atoms with Crippen LogP contribution in [0.1, 0.15) is 37.6 Å². The third-order valence-corrected chi connectivity index (χ3v) is 3.61. The van der Waals surface area contributed by atoms with Gasteiger partial charge in [-0.05, 0) is 40.2 Å². The predicted octanol–water partition coefficient (Wildman–Crippen LogP) is 2.39. The van der Waals surface area contributed by atoms with Crippen molar-refractivity contribution < 1.29 is 4.74 Å². The summed E-state index contributed by atoms with van der Waals surface area (Å²) in [5, 5.41) is 3.33. The zero-order valence-corrected chi connectivity index (χ0v) is 13.1. The average molecular weight is 278 g/mol. The van der Waals surface area contributed by atoms with Crippen LogP contribution in [0.4, 0.5) is 5.82 Å². The van der Waals surface area contributed by atoms with Gasteiger partial charge < -0.3 is 15.0 Å². The van der Waals surface area contributed by atoms with Gasteiger partial charge in [0.15, 0.2) is 0 Å². The number of rotatable bonds is 8. The molecule has 5 nitrogen and oxygen atoms in total. The molecule has 1 N–H and O–H groups in total. The fourth-order valence-electron chi connectivity index (χ4n) is 2.14. The number of hydrogen-bond donors (Lipinski definition) is 1. The summed E-state index contributed by atoms with van der Waals surface area (Å²) >= 11 is 0. The van der Waals surface area contributed by atoms with Gasteiger partial charge in [-0.25, -0.2) is 4.98 Å². The molecule has 1 fully saturated rings. The fraction of sp³-hybridized carbons (Fsp3) is 0.733. The minimum Gasteiger partial charge on any atom is -0.476 e. The van der Waals surface area contributed by atoms with Gasteiger partial charge in [-0.1, -0.05) is 6.92 Å². The quantitative estimate of drug-likeness (QED) is 0.791. The van der Waals surface area contributed by atoms with Crippen LogP contribution in [-0.2, 0) is 0 Å². The molecule has 1 aliphatic carbocycles. The van der Waals surface area contributed by atoms with Gasteiger partial charge in [-0.2, -0.15) is 4.98 Å². The lowest BCUT2D eigenvalue weighted by atomic mass is 10.3. The van der Waals surface area contributed by atoms with E-state index in [0.717, 1.165) is 42.8 Å². The van der Waals surface area contributed by atoms with Crippen molar-refractivity contribution in [1.82, 2.24) is 14.9 Å². The minimum absolute atomic E-state index is 0.678. The van der Waals surface area contributed by atoms with E-state index < -0.39 is 0 Å². The van der Waals surface area contributed by atoms with E-state index in [9.17, 15) is 0 Å². The first-order chi connectivity index (χ1) is 9.61. The number of aromatic nitrogens is 2. The summed E-state index contributed by atoms with van der Waals surface area (Å²) in [5.74, 6) is 2.35. The lowest BCUT2D eigenvalue weighted by molar-refractivity contribution is 0.225. The number of likely N-dealkylation sites (N-methyl/N-ethyl adjacent to an activating group) is 1. The van der Waals surface area contributed by atoms with Crippen molar-refractivity contribution in [2.75, 3.05) is 32.1 Å². The molecule has 1 heterocycles. The molecule has 1 saturated carbocycles. The molecule has 112 valence electrons. The Bertz CT molecular complexity index is 446. The van der Waals surface area contributed by atoms with E-state index in [2.05, 4.69) is 34.2 Å². The van der Waals surface area contributed by atoms with Crippen molar-refractivity contribution in [2.24, 2.45) is 0 Å². The van der Waals surface area contributed by atoms with Crippen molar-refractivity contribution >= 4 is 5.82 Å². The summed E-state index contributed by atoms with van der Waals surface area (Å²) in [6.45, 7) is 8.60. The Kier molecular flexibility index (Phi) is 5.17. The van der Waals surface area contributed by atoms with Gasteiger partial charge >= 0.3 is 0 Å². The highest BCUT2D eigenvalue weighted by Crippen LogP contribution is 2.25. The molecule has 1 aromatic rings. The monoisotopic (exact) mass is 278 g/mol. The van der Waals surface area contributed by atoms with Crippen molar-refractivity contribution in [3.63, 3.8) is 0 Å². The fourth-order valence-corrected chi connectivity index (χ4v) is 2.14. The second kappa shape index (κ2) is 6.88. The number of anilines is 1. The molecule has 0 radical (unpaired) electrons. The normalized spacial score (nSPS) is 14.7. The summed E-state index contributed by atoms with van der Waals surface area (Å²) in [6, 6.07) is 0.772. The van der Waals surface area contributed by atoms with Crippen LogP contribution in [0.15, 0.2) is 0 Å². The molecule has 1 aromatic heterocycles. The Labute approximate surface area is 121 Å². The Morgan fingerprint density at radius 3 is 2.70 bits per heavy atom. The number of nitrogens with one attached hydrogen (secondary N) is 1. The van der Waals surface area contributed by atoms with Crippen LogP contribution in [0.5, 0.6) is 5.88 Å². The summed E-state index contributed by atoms with van der Waals surface area (Å²) in [4.78, 5) is 11.2. The first kappa shape index (κ1) is 15.0. The largest absolute Gasteiger partial charge is 0.476 e. The third-order valence-electron chi connectivity index (χ3n) is 3.61. The molecular weight excluding hydrogens is 252 g/mol. The van der Waals surface area contributed by atoms with E-state index in [-0.39, 0.29) is 0 Å². The van der Waals surface area contributed by atoms with Gasteiger partial charge in [-0.15, -0.1) is 0 Å². The van der Waals surface area contributed by atoms with Crippen LogP contribution in [-0.4, -0.2) is 47.7 Å². The molecule has 0 aromatic carbocycles. The summed E-state index contributed by atoms with van der Waals surface area (Å²) in [5.41, 5.74) is 0.998. The molecule has 5 heteroatoms. The first-order valence-corrected chi connectivity index (χ1v) is 7.54. The molecule has 0 amide bonds. The third kappa shape index (κ3) is 4.07. The summed E-state index contributed by atoms with van der Waals surface area (Å²) in [6.07, 6.45) is 3.73. The summed E-state index contributed by atoms with van der Waals surface area (Å²) in [7, 11) is 2.16. The number of aryl methyl sites for hydroxylation is 1. The standard InChI is InChI=1S/C15H26N4O/c1-5-8-16-14-11(2)15(18-12(3)17-14)20-10-9-19(4)13-6-7-13/h13H,5-10H2,1-4H3,(H,16,17,18). The topological polar surface area (TPSA) is 50.3 Å². The zero-order chi connectivity index (χ0) is 14.5. The maximum atomic E-state index is 5.85. The molecule has 0 spiro atoms. The Morgan fingerprint density at radius 1 is 1.30 bits per heavy atom. The van der Waals surface area contributed by atoms with E-state index in [1.807, 2.05) is 13.8 Å². The van der Waals surface area contributed by atoms with Crippen molar-refractivity contribution in [2.45, 2.75) is 46.1 Å². The highest BCUT2D eigenvalue weighted by molar-refractivity contribution is 5.48. The van der Waals surface area contributed by atoms with E-state index in [0.29, 0.717) is 12.5 Å². The van der Waals surface area contributed by atoms with Gasteiger partial charge in [0.1, 0.15) is 18.2 Å². The van der Waals surface area contributed by atoms with Crippen LogP contribution in [0.2, 0.25) is 0 Å². The molecule has 0 saturated heterocycles. The highest BCUT2D eigenvalue weighted by atomic mass is 16.5. The second-order valence-electron chi connectivity index (χ2n) is 5.54. The predicted molar refractivity (Wildman–Crippen MR) is 81.4 cm³/mol. The van der Waals surface area contributed by atoms with Crippen LogP contribution in [0, 0.1) is 13.8 Å². The summed E-state index contributed by atoms with van der Waals surface area (Å²) < 4.78 is 5.85. The van der Waals surface area contributed by atoms with E-state index in [4.69, 9.17) is 4.74 Å². The van der Waals surface area contributed by atoms with Crippen molar-refractivity contribution in [1.29, 1.82) is 0 Å². The number of hydrogen-bond acceptors (Lipinski definition) is 5. The van der Waals surface area contributed by atoms with Crippen LogP contribution in [0.3, 0.4) is 0 Å². The molecule has 0 unspecified atom stereocenters. The Morgan fingerprint density at radius 2 is 2.05 bits per heavy atom. The zero-order valence-electron chi connectivity index (χ0n) is 13.1. The maximum Gasteiger partial charge on any atom is 0.221 e. The molecule has 0 aliphatic heterocycles. The van der Waals surface area contributed by atoms with E-state index in [1.165, 1.54) is 12.8 Å². The smallest absolute Gasteiger partial charge is 0.221 e. The van der Waals surface area contributed by atoms with Crippen molar-refractivity contribution in [3.8, 4) is 5.88 Å². The van der Waals surface area contributed by atoms with Gasteiger partial charge in [0, 0.05) is 19.1 Å².